The molecule has 116 valence electrons. The SMILES string of the molecule is CCOC(=O)C(CC)C(=O)OCc1cccc2ccccc12. The van der Waals surface area contributed by atoms with Gasteiger partial charge in [-0.3, -0.25) is 9.59 Å². The maximum absolute atomic E-state index is 12.1. The summed E-state index contributed by atoms with van der Waals surface area (Å²) in [5.74, 6) is -1.91. The first-order valence-electron chi connectivity index (χ1n) is 7.47. The Bertz CT molecular complexity index is 658. The standard InChI is InChI=1S/C18H20O4/c1-3-15(17(19)21-4-2)18(20)22-12-14-10-7-9-13-8-5-6-11-16(13)14/h5-11,15H,3-4,12H2,1-2H3. The number of fused-ring (bicyclic) bond motifs is 1. The first-order valence-corrected chi connectivity index (χ1v) is 7.47. The Morgan fingerprint density at radius 2 is 1.64 bits per heavy atom. The highest BCUT2D eigenvalue weighted by Gasteiger charge is 2.27. The van der Waals surface area contributed by atoms with Gasteiger partial charge in [0.05, 0.1) is 6.61 Å². The van der Waals surface area contributed by atoms with E-state index in [-0.39, 0.29) is 13.2 Å². The van der Waals surface area contributed by atoms with Gasteiger partial charge in [0.15, 0.2) is 5.92 Å². The molecule has 0 amide bonds. The molecule has 1 atom stereocenters. The Balaban J connectivity index is 2.08. The van der Waals surface area contributed by atoms with Gasteiger partial charge in [-0.2, -0.15) is 0 Å². The zero-order chi connectivity index (χ0) is 15.9. The number of hydrogen-bond donors (Lipinski definition) is 0. The number of benzene rings is 2. The minimum Gasteiger partial charge on any atom is -0.465 e. The maximum atomic E-state index is 12.1. The molecule has 0 aliphatic heterocycles. The van der Waals surface area contributed by atoms with Crippen LogP contribution in [0.15, 0.2) is 42.5 Å². The Kier molecular flexibility index (Phi) is 5.53. The monoisotopic (exact) mass is 300 g/mol. The molecule has 22 heavy (non-hydrogen) atoms. The van der Waals surface area contributed by atoms with Crippen molar-refractivity contribution >= 4 is 22.7 Å². The van der Waals surface area contributed by atoms with Crippen molar-refractivity contribution in [2.45, 2.75) is 26.9 Å². The highest BCUT2D eigenvalue weighted by atomic mass is 16.6. The van der Waals surface area contributed by atoms with E-state index < -0.39 is 17.9 Å². The molecule has 2 aromatic rings. The van der Waals surface area contributed by atoms with Crippen LogP contribution in [0.3, 0.4) is 0 Å². The number of hydrogen-bond acceptors (Lipinski definition) is 4. The number of carbonyl (C=O) groups is 2. The lowest BCUT2D eigenvalue weighted by Gasteiger charge is -2.13. The molecule has 0 saturated carbocycles. The number of esters is 2. The van der Waals surface area contributed by atoms with Crippen molar-refractivity contribution in [3.8, 4) is 0 Å². The summed E-state index contributed by atoms with van der Waals surface area (Å²) < 4.78 is 10.2. The first-order chi connectivity index (χ1) is 10.7. The van der Waals surface area contributed by atoms with Crippen LogP contribution in [0.25, 0.3) is 10.8 Å². The van der Waals surface area contributed by atoms with Crippen LogP contribution in [0.1, 0.15) is 25.8 Å². The molecule has 4 heteroatoms. The molecule has 0 radical (unpaired) electrons. The van der Waals surface area contributed by atoms with Crippen LogP contribution < -0.4 is 0 Å². The molecular weight excluding hydrogens is 280 g/mol. The molecule has 0 heterocycles. The van der Waals surface area contributed by atoms with Gasteiger partial charge >= 0.3 is 11.9 Å². The van der Waals surface area contributed by atoms with Crippen molar-refractivity contribution < 1.29 is 19.1 Å². The Labute approximate surface area is 130 Å². The van der Waals surface area contributed by atoms with Crippen LogP contribution >= 0.6 is 0 Å². The molecule has 0 fully saturated rings. The third kappa shape index (κ3) is 3.64. The van der Waals surface area contributed by atoms with Crippen LogP contribution in [0, 0.1) is 5.92 Å². The lowest BCUT2D eigenvalue weighted by molar-refractivity contribution is -0.162. The van der Waals surface area contributed by atoms with Gasteiger partial charge in [-0.15, -0.1) is 0 Å². The second-order valence-electron chi connectivity index (χ2n) is 4.96. The molecule has 0 N–H and O–H groups in total. The van der Waals surface area contributed by atoms with Crippen molar-refractivity contribution in [2.24, 2.45) is 5.92 Å². The van der Waals surface area contributed by atoms with Crippen LogP contribution in [-0.2, 0) is 25.7 Å². The Morgan fingerprint density at radius 1 is 0.955 bits per heavy atom. The average Bonchev–Trinajstić information content (AvgIpc) is 2.53. The highest BCUT2D eigenvalue weighted by molar-refractivity contribution is 5.95. The molecule has 0 aromatic heterocycles. The van der Waals surface area contributed by atoms with Crippen LogP contribution in [-0.4, -0.2) is 18.5 Å². The second-order valence-corrected chi connectivity index (χ2v) is 4.96. The fourth-order valence-electron chi connectivity index (χ4n) is 2.34. The van der Waals surface area contributed by atoms with E-state index >= 15 is 0 Å². The van der Waals surface area contributed by atoms with E-state index in [0.29, 0.717) is 6.42 Å². The zero-order valence-electron chi connectivity index (χ0n) is 12.9. The number of rotatable bonds is 6. The van der Waals surface area contributed by atoms with Gasteiger partial charge in [0.2, 0.25) is 0 Å². The van der Waals surface area contributed by atoms with Crippen molar-refractivity contribution in [1.29, 1.82) is 0 Å². The molecule has 0 saturated heterocycles. The predicted molar refractivity (Wildman–Crippen MR) is 84.2 cm³/mol. The minimum absolute atomic E-state index is 0.149. The molecule has 0 aliphatic rings. The summed E-state index contributed by atoms with van der Waals surface area (Å²) in [7, 11) is 0. The summed E-state index contributed by atoms with van der Waals surface area (Å²) in [6.45, 7) is 3.88. The normalized spacial score (nSPS) is 11.9. The zero-order valence-corrected chi connectivity index (χ0v) is 12.9. The fraction of sp³-hybridized carbons (Fsp3) is 0.333. The summed E-state index contributed by atoms with van der Waals surface area (Å²) in [5.41, 5.74) is 0.921. The van der Waals surface area contributed by atoms with Crippen molar-refractivity contribution in [3.63, 3.8) is 0 Å². The van der Waals surface area contributed by atoms with E-state index in [0.717, 1.165) is 16.3 Å². The van der Waals surface area contributed by atoms with E-state index in [1.54, 1.807) is 13.8 Å². The van der Waals surface area contributed by atoms with E-state index in [4.69, 9.17) is 9.47 Å². The highest BCUT2D eigenvalue weighted by Crippen LogP contribution is 2.20. The molecule has 2 rings (SSSR count). The fourth-order valence-corrected chi connectivity index (χ4v) is 2.34. The lowest BCUT2D eigenvalue weighted by Crippen LogP contribution is -2.27. The summed E-state index contributed by atoms with van der Waals surface area (Å²) >= 11 is 0. The minimum atomic E-state index is -0.852. The van der Waals surface area contributed by atoms with E-state index in [9.17, 15) is 9.59 Å². The molecule has 2 aromatic carbocycles. The topological polar surface area (TPSA) is 52.6 Å². The molecule has 1 unspecified atom stereocenters. The largest absolute Gasteiger partial charge is 0.465 e. The lowest BCUT2D eigenvalue weighted by atomic mass is 10.0. The third-order valence-corrected chi connectivity index (χ3v) is 3.51. The van der Waals surface area contributed by atoms with E-state index in [1.165, 1.54) is 0 Å². The molecule has 0 spiro atoms. The number of carbonyl (C=O) groups excluding carboxylic acids is 2. The summed E-state index contributed by atoms with van der Waals surface area (Å²) in [5, 5.41) is 2.13. The van der Waals surface area contributed by atoms with Gasteiger partial charge < -0.3 is 9.47 Å². The first kappa shape index (κ1) is 16.0. The Hall–Kier alpha value is -2.36. The van der Waals surface area contributed by atoms with Crippen LogP contribution in [0.5, 0.6) is 0 Å². The molecular formula is C18H20O4. The number of ether oxygens (including phenoxy) is 2. The summed E-state index contributed by atoms with van der Waals surface area (Å²) in [6, 6.07) is 13.8. The Morgan fingerprint density at radius 3 is 2.36 bits per heavy atom. The van der Waals surface area contributed by atoms with E-state index in [1.807, 2.05) is 42.5 Å². The maximum Gasteiger partial charge on any atom is 0.320 e. The van der Waals surface area contributed by atoms with Gasteiger partial charge in [-0.05, 0) is 29.7 Å². The van der Waals surface area contributed by atoms with Crippen molar-refractivity contribution in [3.05, 3.63) is 48.0 Å². The van der Waals surface area contributed by atoms with Gasteiger partial charge in [0.1, 0.15) is 6.61 Å². The van der Waals surface area contributed by atoms with Crippen LogP contribution in [0.4, 0.5) is 0 Å². The average molecular weight is 300 g/mol. The molecule has 0 bridgehead atoms. The quantitative estimate of drug-likeness (QED) is 0.605. The summed E-state index contributed by atoms with van der Waals surface area (Å²) in [6.07, 6.45) is 0.368. The molecule has 0 aliphatic carbocycles. The predicted octanol–water partition coefficient (Wildman–Crippen LogP) is 3.47. The van der Waals surface area contributed by atoms with Crippen molar-refractivity contribution in [2.75, 3.05) is 6.61 Å². The summed E-state index contributed by atoms with van der Waals surface area (Å²) in [4.78, 5) is 23.8. The van der Waals surface area contributed by atoms with Crippen LogP contribution in [0.2, 0.25) is 0 Å². The van der Waals surface area contributed by atoms with Gasteiger partial charge in [0, 0.05) is 0 Å². The second kappa shape index (κ2) is 7.59. The smallest absolute Gasteiger partial charge is 0.320 e. The third-order valence-electron chi connectivity index (χ3n) is 3.51. The van der Waals surface area contributed by atoms with Gasteiger partial charge in [-0.1, -0.05) is 49.4 Å². The molecule has 4 nitrogen and oxygen atoms in total. The van der Waals surface area contributed by atoms with Gasteiger partial charge in [-0.25, -0.2) is 0 Å². The van der Waals surface area contributed by atoms with Gasteiger partial charge in [0.25, 0.3) is 0 Å². The van der Waals surface area contributed by atoms with Crippen molar-refractivity contribution in [1.82, 2.24) is 0 Å². The van der Waals surface area contributed by atoms with E-state index in [2.05, 4.69) is 0 Å².